The first-order valence-electron chi connectivity index (χ1n) is 8.37. The van der Waals surface area contributed by atoms with Crippen LogP contribution in [0.15, 0.2) is 23.2 Å². The summed E-state index contributed by atoms with van der Waals surface area (Å²) in [6, 6.07) is 6.32. The van der Waals surface area contributed by atoms with E-state index in [4.69, 9.17) is 9.47 Å². The van der Waals surface area contributed by atoms with Gasteiger partial charge >= 0.3 is 0 Å². The highest BCUT2D eigenvalue weighted by Gasteiger charge is 2.18. The number of aliphatic imine (C=N–C) groups is 1. The van der Waals surface area contributed by atoms with Crippen LogP contribution in [0.25, 0.3) is 0 Å². The van der Waals surface area contributed by atoms with E-state index in [0.29, 0.717) is 19.1 Å². The van der Waals surface area contributed by atoms with E-state index < -0.39 is 0 Å². The molecular formula is C18H30IN3O2. The van der Waals surface area contributed by atoms with E-state index in [-0.39, 0.29) is 30.1 Å². The first kappa shape index (κ1) is 21.0. The average molecular weight is 447 g/mol. The Morgan fingerprint density at radius 2 is 2.17 bits per heavy atom. The Morgan fingerprint density at radius 1 is 1.38 bits per heavy atom. The Bertz CT molecular complexity index is 529. The van der Waals surface area contributed by atoms with Crippen molar-refractivity contribution < 1.29 is 9.47 Å². The van der Waals surface area contributed by atoms with Crippen LogP contribution in [-0.2, 0) is 11.3 Å². The standard InChI is InChI=1S/C18H29N3O2.HI/c1-13(2)10-20-18(19-4)21-11-15-6-5-14(3)9-17(15)23-16-7-8-22-12-16;/h5-6,9,13,16H,7-8,10-12H2,1-4H3,(H2,19,20,21);1H. The number of ether oxygens (including phenoxy) is 2. The van der Waals surface area contributed by atoms with Crippen LogP contribution in [0.5, 0.6) is 5.75 Å². The normalized spacial score (nSPS) is 17.5. The van der Waals surface area contributed by atoms with Crippen LogP contribution < -0.4 is 15.4 Å². The summed E-state index contributed by atoms with van der Waals surface area (Å²) >= 11 is 0. The van der Waals surface area contributed by atoms with Gasteiger partial charge in [-0.25, -0.2) is 0 Å². The summed E-state index contributed by atoms with van der Waals surface area (Å²) in [5, 5.41) is 6.67. The number of benzene rings is 1. The Kier molecular flexibility index (Phi) is 9.43. The summed E-state index contributed by atoms with van der Waals surface area (Å²) in [6.45, 7) is 9.48. The van der Waals surface area contributed by atoms with Crippen molar-refractivity contribution >= 4 is 29.9 Å². The van der Waals surface area contributed by atoms with Crippen molar-refractivity contribution in [1.29, 1.82) is 0 Å². The van der Waals surface area contributed by atoms with Crippen LogP contribution in [-0.4, -0.2) is 38.9 Å². The third-order valence-electron chi connectivity index (χ3n) is 3.75. The van der Waals surface area contributed by atoms with Gasteiger partial charge in [-0.1, -0.05) is 26.0 Å². The fourth-order valence-electron chi connectivity index (χ4n) is 2.40. The van der Waals surface area contributed by atoms with E-state index in [1.54, 1.807) is 7.05 Å². The molecule has 0 aliphatic carbocycles. The van der Waals surface area contributed by atoms with Crippen molar-refractivity contribution in [3.63, 3.8) is 0 Å². The number of nitrogens with zero attached hydrogens (tertiary/aromatic N) is 1. The molecular weight excluding hydrogens is 417 g/mol. The Morgan fingerprint density at radius 3 is 2.79 bits per heavy atom. The van der Waals surface area contributed by atoms with Gasteiger partial charge in [-0.2, -0.15) is 0 Å². The molecule has 0 saturated carbocycles. The SMILES string of the molecule is CN=C(NCc1ccc(C)cc1OC1CCOC1)NCC(C)C.I. The van der Waals surface area contributed by atoms with E-state index >= 15 is 0 Å². The van der Waals surface area contributed by atoms with Gasteiger partial charge < -0.3 is 20.1 Å². The highest BCUT2D eigenvalue weighted by Crippen LogP contribution is 2.23. The fraction of sp³-hybridized carbons (Fsp3) is 0.611. The van der Waals surface area contributed by atoms with Crippen LogP contribution >= 0.6 is 24.0 Å². The summed E-state index contributed by atoms with van der Waals surface area (Å²) in [5.41, 5.74) is 2.33. The van der Waals surface area contributed by atoms with Crippen LogP contribution in [0.3, 0.4) is 0 Å². The molecule has 1 unspecified atom stereocenters. The molecule has 136 valence electrons. The highest BCUT2D eigenvalue weighted by atomic mass is 127. The van der Waals surface area contributed by atoms with Gasteiger partial charge in [0.05, 0.1) is 13.2 Å². The Hall–Kier alpha value is -1.02. The monoisotopic (exact) mass is 447 g/mol. The van der Waals surface area contributed by atoms with Gasteiger partial charge in [-0.05, 0) is 24.5 Å². The van der Waals surface area contributed by atoms with E-state index in [1.807, 2.05) is 0 Å². The lowest BCUT2D eigenvalue weighted by molar-refractivity contribution is 0.140. The number of halogens is 1. The highest BCUT2D eigenvalue weighted by molar-refractivity contribution is 14.0. The third kappa shape index (κ3) is 6.84. The average Bonchev–Trinajstić information content (AvgIpc) is 3.02. The molecule has 0 aromatic heterocycles. The summed E-state index contributed by atoms with van der Waals surface area (Å²) in [4.78, 5) is 4.26. The largest absolute Gasteiger partial charge is 0.488 e. The number of guanidine groups is 1. The maximum atomic E-state index is 6.13. The van der Waals surface area contributed by atoms with E-state index in [0.717, 1.165) is 36.8 Å². The van der Waals surface area contributed by atoms with Crippen LogP contribution in [0.2, 0.25) is 0 Å². The van der Waals surface area contributed by atoms with Crippen molar-refractivity contribution in [2.24, 2.45) is 10.9 Å². The second kappa shape index (κ2) is 10.8. The summed E-state index contributed by atoms with van der Waals surface area (Å²) in [6.07, 6.45) is 1.12. The smallest absolute Gasteiger partial charge is 0.191 e. The van der Waals surface area contributed by atoms with Crippen LogP contribution in [0, 0.1) is 12.8 Å². The van der Waals surface area contributed by atoms with Crippen molar-refractivity contribution in [2.45, 2.75) is 39.8 Å². The van der Waals surface area contributed by atoms with Crippen molar-refractivity contribution in [3.8, 4) is 5.75 Å². The molecule has 1 aromatic rings. The molecule has 1 fully saturated rings. The van der Waals surface area contributed by atoms with E-state index in [2.05, 4.69) is 54.6 Å². The Labute approximate surface area is 162 Å². The zero-order valence-electron chi connectivity index (χ0n) is 15.1. The van der Waals surface area contributed by atoms with Gasteiger partial charge in [0.2, 0.25) is 0 Å². The topological polar surface area (TPSA) is 54.9 Å². The van der Waals surface area contributed by atoms with Crippen molar-refractivity contribution in [2.75, 3.05) is 26.8 Å². The van der Waals surface area contributed by atoms with Gasteiger partial charge in [0.25, 0.3) is 0 Å². The fourth-order valence-corrected chi connectivity index (χ4v) is 2.40. The van der Waals surface area contributed by atoms with Crippen LogP contribution in [0.1, 0.15) is 31.4 Å². The summed E-state index contributed by atoms with van der Waals surface area (Å²) < 4.78 is 11.5. The molecule has 1 atom stereocenters. The first-order chi connectivity index (χ1) is 11.1. The molecule has 0 spiro atoms. The first-order valence-corrected chi connectivity index (χ1v) is 8.37. The zero-order valence-corrected chi connectivity index (χ0v) is 17.4. The predicted molar refractivity (Wildman–Crippen MR) is 109 cm³/mol. The maximum Gasteiger partial charge on any atom is 0.191 e. The lowest BCUT2D eigenvalue weighted by Gasteiger charge is -2.18. The number of hydrogen-bond acceptors (Lipinski definition) is 3. The number of rotatable bonds is 6. The van der Waals surface area contributed by atoms with Gasteiger partial charge in [0.1, 0.15) is 11.9 Å². The summed E-state index contributed by atoms with van der Waals surface area (Å²) in [5.74, 6) is 2.33. The molecule has 1 aromatic carbocycles. The molecule has 1 heterocycles. The second-order valence-electron chi connectivity index (χ2n) is 6.42. The molecule has 1 saturated heterocycles. The molecule has 2 N–H and O–H groups in total. The van der Waals surface area contributed by atoms with E-state index in [1.165, 1.54) is 5.56 Å². The number of hydrogen-bond donors (Lipinski definition) is 2. The molecule has 0 bridgehead atoms. The van der Waals surface area contributed by atoms with Gasteiger partial charge in [-0.3, -0.25) is 4.99 Å². The molecule has 2 rings (SSSR count). The molecule has 1 aliphatic heterocycles. The summed E-state index contributed by atoms with van der Waals surface area (Å²) in [7, 11) is 1.79. The zero-order chi connectivity index (χ0) is 16.7. The third-order valence-corrected chi connectivity index (χ3v) is 3.75. The molecule has 1 aliphatic rings. The molecule has 6 heteroatoms. The van der Waals surface area contributed by atoms with Gasteiger partial charge in [0.15, 0.2) is 5.96 Å². The molecule has 5 nitrogen and oxygen atoms in total. The number of nitrogens with one attached hydrogen (secondary N) is 2. The van der Waals surface area contributed by atoms with Crippen molar-refractivity contribution in [3.05, 3.63) is 29.3 Å². The maximum absolute atomic E-state index is 6.13. The lowest BCUT2D eigenvalue weighted by atomic mass is 10.1. The minimum Gasteiger partial charge on any atom is -0.488 e. The van der Waals surface area contributed by atoms with Crippen LogP contribution in [0.4, 0.5) is 0 Å². The quantitative estimate of drug-likeness (QED) is 0.400. The van der Waals surface area contributed by atoms with E-state index in [9.17, 15) is 0 Å². The molecule has 0 radical (unpaired) electrons. The second-order valence-corrected chi connectivity index (χ2v) is 6.42. The Balaban J connectivity index is 0.00000288. The minimum absolute atomic E-state index is 0. The minimum atomic E-state index is 0. The van der Waals surface area contributed by atoms with Crippen molar-refractivity contribution in [1.82, 2.24) is 10.6 Å². The van der Waals surface area contributed by atoms with Gasteiger partial charge in [0, 0.05) is 32.1 Å². The lowest BCUT2D eigenvalue weighted by Crippen LogP contribution is -2.38. The molecule has 24 heavy (non-hydrogen) atoms. The molecule has 0 amide bonds. The van der Waals surface area contributed by atoms with Gasteiger partial charge in [-0.15, -0.1) is 24.0 Å². The predicted octanol–water partition coefficient (Wildman–Crippen LogP) is 3.10. The number of aryl methyl sites for hydroxylation is 1.